The van der Waals surface area contributed by atoms with Crippen LogP contribution in [-0.2, 0) is 0 Å². The van der Waals surface area contributed by atoms with Gasteiger partial charge in [0.1, 0.15) is 5.75 Å². The third-order valence-electron chi connectivity index (χ3n) is 3.20. The summed E-state index contributed by atoms with van der Waals surface area (Å²) in [6.07, 6.45) is 0. The lowest BCUT2D eigenvalue weighted by Crippen LogP contribution is -2.59. The third-order valence-corrected chi connectivity index (χ3v) is 3.69. The Hall–Kier alpha value is -0.540. The predicted molar refractivity (Wildman–Crippen MR) is 65.5 cm³/mol. The summed E-state index contributed by atoms with van der Waals surface area (Å²) in [4.78, 5) is 0. The van der Waals surface area contributed by atoms with E-state index in [1.54, 1.807) is 7.11 Å². The van der Waals surface area contributed by atoms with Crippen molar-refractivity contribution in [2.45, 2.75) is 25.3 Å². The maximum Gasteiger partial charge on any atom is 0.122 e. The van der Waals surface area contributed by atoms with E-state index in [0.717, 1.165) is 16.8 Å². The van der Waals surface area contributed by atoms with Gasteiger partial charge in [-0.2, -0.15) is 0 Å². The van der Waals surface area contributed by atoms with Crippen LogP contribution in [-0.4, -0.2) is 19.2 Å². The van der Waals surface area contributed by atoms with Crippen LogP contribution >= 0.6 is 15.9 Å². The van der Waals surface area contributed by atoms with Gasteiger partial charge < -0.3 is 10.1 Å². The zero-order chi connectivity index (χ0) is 11.1. The molecule has 0 saturated carbocycles. The van der Waals surface area contributed by atoms with E-state index < -0.39 is 0 Å². The number of hydrogen-bond donors (Lipinski definition) is 1. The van der Waals surface area contributed by atoms with Gasteiger partial charge >= 0.3 is 0 Å². The van der Waals surface area contributed by atoms with Crippen molar-refractivity contribution < 1.29 is 4.74 Å². The highest BCUT2D eigenvalue weighted by Crippen LogP contribution is 2.40. The largest absolute Gasteiger partial charge is 0.496 e. The molecule has 82 valence electrons. The van der Waals surface area contributed by atoms with E-state index >= 15 is 0 Å². The van der Waals surface area contributed by atoms with Crippen molar-refractivity contribution in [2.75, 3.05) is 13.7 Å². The zero-order valence-electron chi connectivity index (χ0n) is 9.30. The smallest absolute Gasteiger partial charge is 0.122 e. The molecular weight excluding hydrogens is 254 g/mol. The number of nitrogens with one attached hydrogen (secondary N) is 1. The van der Waals surface area contributed by atoms with Gasteiger partial charge in [-0.05, 0) is 32.0 Å². The van der Waals surface area contributed by atoms with Crippen LogP contribution in [0.25, 0.3) is 0 Å². The predicted octanol–water partition coefficient (Wildman–Crippen LogP) is 2.92. The van der Waals surface area contributed by atoms with Gasteiger partial charge in [0.15, 0.2) is 0 Å². The lowest BCUT2D eigenvalue weighted by Gasteiger charge is -2.46. The molecule has 2 rings (SSSR count). The normalized spacial score (nSPS) is 23.3. The summed E-state index contributed by atoms with van der Waals surface area (Å²) < 4.78 is 6.51. The molecule has 0 bridgehead atoms. The summed E-state index contributed by atoms with van der Waals surface area (Å²) >= 11 is 3.51. The van der Waals surface area contributed by atoms with Crippen LogP contribution in [0.15, 0.2) is 22.7 Å². The monoisotopic (exact) mass is 269 g/mol. The zero-order valence-corrected chi connectivity index (χ0v) is 10.9. The summed E-state index contributed by atoms with van der Waals surface area (Å²) in [7, 11) is 1.73. The molecule has 1 aromatic rings. The molecule has 0 aliphatic carbocycles. The number of ether oxygens (including phenoxy) is 1. The van der Waals surface area contributed by atoms with Crippen LogP contribution in [0.3, 0.4) is 0 Å². The molecule has 2 nitrogen and oxygen atoms in total. The number of methoxy groups -OCH3 is 1. The maximum atomic E-state index is 5.40. The molecule has 1 unspecified atom stereocenters. The van der Waals surface area contributed by atoms with E-state index in [-0.39, 0.29) is 5.54 Å². The van der Waals surface area contributed by atoms with Crippen molar-refractivity contribution in [3.05, 3.63) is 28.2 Å². The Morgan fingerprint density at radius 2 is 2.20 bits per heavy atom. The van der Waals surface area contributed by atoms with Crippen molar-refractivity contribution in [3.8, 4) is 5.75 Å². The summed E-state index contributed by atoms with van der Waals surface area (Å²) in [5, 5.41) is 3.43. The second-order valence-corrected chi connectivity index (χ2v) is 5.46. The van der Waals surface area contributed by atoms with E-state index in [9.17, 15) is 0 Å². The van der Waals surface area contributed by atoms with Crippen molar-refractivity contribution >= 4 is 15.9 Å². The number of rotatable bonds is 2. The molecule has 1 aliphatic rings. The maximum absolute atomic E-state index is 5.40. The topological polar surface area (TPSA) is 21.3 Å². The lowest BCUT2D eigenvalue weighted by molar-refractivity contribution is 0.204. The molecule has 1 heterocycles. The van der Waals surface area contributed by atoms with Crippen LogP contribution in [0.5, 0.6) is 5.75 Å². The highest BCUT2D eigenvalue weighted by molar-refractivity contribution is 9.10. The fourth-order valence-electron chi connectivity index (χ4n) is 2.09. The Labute approximate surface area is 99.1 Å². The van der Waals surface area contributed by atoms with Gasteiger partial charge in [0.2, 0.25) is 0 Å². The first-order chi connectivity index (χ1) is 7.04. The van der Waals surface area contributed by atoms with Crippen LogP contribution in [0, 0.1) is 0 Å². The Kier molecular flexibility index (Phi) is 2.77. The lowest BCUT2D eigenvalue weighted by atomic mass is 9.75. The third kappa shape index (κ3) is 1.91. The fraction of sp³-hybridized carbons (Fsp3) is 0.500. The van der Waals surface area contributed by atoms with E-state index in [2.05, 4.69) is 41.2 Å². The summed E-state index contributed by atoms with van der Waals surface area (Å²) in [6, 6.07) is 6.20. The first-order valence-electron chi connectivity index (χ1n) is 5.13. The Morgan fingerprint density at radius 3 is 2.67 bits per heavy atom. The minimum Gasteiger partial charge on any atom is -0.496 e. The SMILES string of the molecule is COc1ccc(Br)cc1C1CNC1(C)C. The first-order valence-corrected chi connectivity index (χ1v) is 5.92. The number of halogens is 1. The van der Waals surface area contributed by atoms with Crippen molar-refractivity contribution in [2.24, 2.45) is 0 Å². The first kappa shape index (κ1) is 11.0. The van der Waals surface area contributed by atoms with E-state index in [4.69, 9.17) is 4.74 Å². The Morgan fingerprint density at radius 1 is 1.47 bits per heavy atom. The van der Waals surface area contributed by atoms with Gasteiger partial charge in [0, 0.05) is 28.0 Å². The minimum atomic E-state index is 0.175. The molecule has 0 aromatic heterocycles. The van der Waals surface area contributed by atoms with E-state index in [0.29, 0.717) is 5.92 Å². The van der Waals surface area contributed by atoms with Gasteiger partial charge in [0.05, 0.1) is 7.11 Å². The fourth-order valence-corrected chi connectivity index (χ4v) is 2.47. The summed E-state index contributed by atoms with van der Waals surface area (Å²) in [5.74, 6) is 1.52. The van der Waals surface area contributed by atoms with Gasteiger partial charge in [-0.15, -0.1) is 0 Å². The molecular formula is C12H16BrNO. The van der Waals surface area contributed by atoms with Crippen molar-refractivity contribution in [1.29, 1.82) is 0 Å². The Bertz CT molecular complexity index is 376. The standard InChI is InChI=1S/C12H16BrNO/c1-12(2)10(7-14-12)9-6-8(13)4-5-11(9)15-3/h4-6,10,14H,7H2,1-3H3. The van der Waals surface area contributed by atoms with E-state index in [1.807, 2.05) is 12.1 Å². The molecule has 1 atom stereocenters. The molecule has 1 saturated heterocycles. The van der Waals surface area contributed by atoms with Crippen LogP contribution in [0.1, 0.15) is 25.3 Å². The van der Waals surface area contributed by atoms with Gasteiger partial charge in [0.25, 0.3) is 0 Å². The quantitative estimate of drug-likeness (QED) is 0.892. The minimum absolute atomic E-state index is 0.175. The molecule has 0 radical (unpaired) electrons. The van der Waals surface area contributed by atoms with Gasteiger partial charge in [-0.1, -0.05) is 15.9 Å². The average molecular weight is 270 g/mol. The second-order valence-electron chi connectivity index (χ2n) is 4.54. The van der Waals surface area contributed by atoms with Gasteiger partial charge in [-0.25, -0.2) is 0 Å². The molecule has 1 aliphatic heterocycles. The van der Waals surface area contributed by atoms with Crippen molar-refractivity contribution in [1.82, 2.24) is 5.32 Å². The van der Waals surface area contributed by atoms with Crippen LogP contribution in [0.2, 0.25) is 0 Å². The summed E-state index contributed by atoms with van der Waals surface area (Å²) in [6.45, 7) is 5.48. The van der Waals surface area contributed by atoms with Crippen molar-refractivity contribution in [3.63, 3.8) is 0 Å². The highest BCUT2D eigenvalue weighted by Gasteiger charge is 2.40. The molecule has 15 heavy (non-hydrogen) atoms. The van der Waals surface area contributed by atoms with Gasteiger partial charge in [-0.3, -0.25) is 0 Å². The molecule has 1 N–H and O–H groups in total. The molecule has 1 fully saturated rings. The van der Waals surface area contributed by atoms with Crippen LogP contribution < -0.4 is 10.1 Å². The average Bonchev–Trinajstić information content (AvgIpc) is 2.17. The molecule has 3 heteroatoms. The number of benzene rings is 1. The summed E-state index contributed by atoms with van der Waals surface area (Å²) in [5.41, 5.74) is 1.46. The van der Waals surface area contributed by atoms with Crippen LogP contribution in [0.4, 0.5) is 0 Å². The molecule has 0 spiro atoms. The second kappa shape index (κ2) is 3.80. The molecule has 0 amide bonds. The molecule has 1 aromatic carbocycles. The highest BCUT2D eigenvalue weighted by atomic mass is 79.9. The Balaban J connectivity index is 2.38. The van der Waals surface area contributed by atoms with E-state index in [1.165, 1.54) is 5.56 Å². The number of hydrogen-bond acceptors (Lipinski definition) is 2.